The third-order valence-corrected chi connectivity index (χ3v) is 4.46. The van der Waals surface area contributed by atoms with E-state index in [1.54, 1.807) is 11.7 Å². The molecule has 8 heteroatoms. The number of hydrogen-bond acceptors (Lipinski definition) is 3. The average molecular weight is 422 g/mol. The van der Waals surface area contributed by atoms with Gasteiger partial charge in [-0.25, -0.2) is 0 Å². The van der Waals surface area contributed by atoms with Crippen molar-refractivity contribution in [3.05, 3.63) is 31.9 Å². The third-order valence-electron chi connectivity index (χ3n) is 3.12. The van der Waals surface area contributed by atoms with Crippen LogP contribution in [0.2, 0.25) is 5.02 Å². The molecule has 0 saturated heterocycles. The van der Waals surface area contributed by atoms with E-state index in [1.165, 1.54) is 0 Å². The molecule has 0 radical (unpaired) electrons. The lowest BCUT2D eigenvalue weighted by Gasteiger charge is -2.06. The van der Waals surface area contributed by atoms with Crippen LogP contribution in [0.5, 0.6) is 0 Å². The Balaban J connectivity index is 1.83. The predicted octanol–water partition coefficient (Wildman–Crippen LogP) is 2.31. The van der Waals surface area contributed by atoms with Gasteiger partial charge < -0.3 is 5.32 Å². The van der Waals surface area contributed by atoms with Gasteiger partial charge in [-0.3, -0.25) is 14.2 Å². The number of aryl methyl sites for hydroxylation is 3. The van der Waals surface area contributed by atoms with Gasteiger partial charge in [0.25, 0.3) is 5.91 Å². The van der Waals surface area contributed by atoms with Gasteiger partial charge in [-0.1, -0.05) is 11.6 Å². The first kappa shape index (κ1) is 16.3. The molecular formula is C13H17ClIN5O. The number of carbonyl (C=O) groups is 1. The van der Waals surface area contributed by atoms with Crippen molar-refractivity contribution in [3.8, 4) is 0 Å². The lowest BCUT2D eigenvalue weighted by molar-refractivity contribution is 0.0946. The van der Waals surface area contributed by atoms with E-state index in [-0.39, 0.29) is 5.91 Å². The molecule has 2 heterocycles. The third kappa shape index (κ3) is 3.76. The Hall–Kier alpha value is -1.09. The molecule has 0 saturated carbocycles. The highest BCUT2D eigenvalue weighted by molar-refractivity contribution is 14.1. The Kier molecular flexibility index (Phi) is 5.26. The molecule has 114 valence electrons. The number of aromatic nitrogens is 4. The number of halogens is 2. The number of carbonyl (C=O) groups excluding carboxylic acids is 1. The van der Waals surface area contributed by atoms with Gasteiger partial charge in [0.05, 0.1) is 20.0 Å². The zero-order valence-corrected chi connectivity index (χ0v) is 15.1. The van der Waals surface area contributed by atoms with Gasteiger partial charge in [-0.2, -0.15) is 10.2 Å². The van der Waals surface area contributed by atoms with Crippen LogP contribution in [0, 0.1) is 17.4 Å². The maximum atomic E-state index is 12.0. The largest absolute Gasteiger partial charge is 0.351 e. The van der Waals surface area contributed by atoms with Gasteiger partial charge in [0.1, 0.15) is 0 Å². The van der Waals surface area contributed by atoms with E-state index < -0.39 is 0 Å². The molecule has 0 aromatic carbocycles. The van der Waals surface area contributed by atoms with Gasteiger partial charge in [0.2, 0.25) is 0 Å². The van der Waals surface area contributed by atoms with Crippen LogP contribution in [0.25, 0.3) is 0 Å². The lowest BCUT2D eigenvalue weighted by atomic mass is 10.3. The van der Waals surface area contributed by atoms with E-state index in [1.807, 2.05) is 24.7 Å². The maximum absolute atomic E-state index is 12.0. The van der Waals surface area contributed by atoms with E-state index in [0.29, 0.717) is 17.3 Å². The molecule has 0 aliphatic rings. The van der Waals surface area contributed by atoms with Crippen LogP contribution < -0.4 is 5.32 Å². The summed E-state index contributed by atoms with van der Waals surface area (Å²) in [4.78, 5) is 12.0. The first-order valence-electron chi connectivity index (χ1n) is 6.57. The Morgan fingerprint density at radius 2 is 2.14 bits per heavy atom. The summed E-state index contributed by atoms with van der Waals surface area (Å²) in [5.74, 6) is -0.147. The molecule has 2 aromatic rings. The van der Waals surface area contributed by atoms with Gasteiger partial charge >= 0.3 is 0 Å². The molecule has 2 aromatic heterocycles. The number of nitrogens with zero attached hydrogens (tertiary/aromatic N) is 4. The summed E-state index contributed by atoms with van der Waals surface area (Å²) in [7, 11) is 1.80. The topological polar surface area (TPSA) is 64.7 Å². The van der Waals surface area contributed by atoms with E-state index in [0.717, 1.165) is 27.9 Å². The molecule has 1 amide bonds. The fourth-order valence-electron chi connectivity index (χ4n) is 2.02. The highest BCUT2D eigenvalue weighted by Crippen LogP contribution is 2.18. The Morgan fingerprint density at radius 3 is 2.67 bits per heavy atom. The van der Waals surface area contributed by atoms with Crippen LogP contribution in [-0.2, 0) is 13.6 Å². The van der Waals surface area contributed by atoms with Gasteiger partial charge in [0, 0.05) is 26.3 Å². The smallest absolute Gasteiger partial charge is 0.272 e. The average Bonchev–Trinajstić information content (AvgIpc) is 2.89. The molecule has 21 heavy (non-hydrogen) atoms. The standard InChI is InChI=1S/C13H17ClIN5O/c1-8-11(14)9(2)20(17-8)6-4-5-16-13(21)12-10(15)7-19(3)18-12/h7H,4-6H2,1-3H3,(H,16,21). The van der Waals surface area contributed by atoms with Crippen LogP contribution in [0.4, 0.5) is 0 Å². The van der Waals surface area contributed by atoms with E-state index in [4.69, 9.17) is 11.6 Å². The summed E-state index contributed by atoms with van der Waals surface area (Å²) in [6.45, 7) is 5.12. The molecular weight excluding hydrogens is 405 g/mol. The summed E-state index contributed by atoms with van der Waals surface area (Å²) in [6, 6.07) is 0. The Bertz CT molecular complexity index is 664. The molecule has 0 aliphatic carbocycles. The van der Waals surface area contributed by atoms with Gasteiger partial charge in [0.15, 0.2) is 5.69 Å². The van der Waals surface area contributed by atoms with Gasteiger partial charge in [-0.05, 0) is 42.9 Å². The van der Waals surface area contributed by atoms with Crippen LogP contribution in [0.3, 0.4) is 0 Å². The molecule has 6 nitrogen and oxygen atoms in total. The molecule has 1 N–H and O–H groups in total. The van der Waals surface area contributed by atoms with Gasteiger partial charge in [-0.15, -0.1) is 0 Å². The van der Waals surface area contributed by atoms with Crippen molar-refractivity contribution < 1.29 is 4.79 Å². The second kappa shape index (κ2) is 6.78. The highest BCUT2D eigenvalue weighted by Gasteiger charge is 2.14. The normalized spacial score (nSPS) is 10.9. The molecule has 0 unspecified atom stereocenters. The zero-order chi connectivity index (χ0) is 15.6. The summed E-state index contributed by atoms with van der Waals surface area (Å²) in [5, 5.41) is 12.1. The van der Waals surface area contributed by atoms with Crippen molar-refractivity contribution in [2.24, 2.45) is 7.05 Å². The maximum Gasteiger partial charge on any atom is 0.272 e. The van der Waals surface area contributed by atoms with Crippen molar-refractivity contribution in [3.63, 3.8) is 0 Å². The minimum atomic E-state index is -0.147. The fraction of sp³-hybridized carbons (Fsp3) is 0.462. The minimum Gasteiger partial charge on any atom is -0.351 e. The second-order valence-corrected chi connectivity index (χ2v) is 6.36. The molecule has 0 spiro atoms. The van der Waals surface area contributed by atoms with Crippen molar-refractivity contribution in [2.45, 2.75) is 26.8 Å². The van der Waals surface area contributed by atoms with Crippen LogP contribution in [-0.4, -0.2) is 32.0 Å². The summed E-state index contributed by atoms with van der Waals surface area (Å²) >= 11 is 8.20. The number of rotatable bonds is 5. The van der Waals surface area contributed by atoms with E-state index in [9.17, 15) is 4.79 Å². The second-order valence-electron chi connectivity index (χ2n) is 4.82. The van der Waals surface area contributed by atoms with Crippen molar-refractivity contribution >= 4 is 40.1 Å². The molecule has 0 bridgehead atoms. The van der Waals surface area contributed by atoms with E-state index in [2.05, 4.69) is 38.1 Å². The van der Waals surface area contributed by atoms with Crippen LogP contribution in [0.15, 0.2) is 6.20 Å². The number of amides is 1. The van der Waals surface area contributed by atoms with Crippen molar-refractivity contribution in [1.29, 1.82) is 0 Å². The Labute approximate surface area is 142 Å². The zero-order valence-electron chi connectivity index (χ0n) is 12.2. The van der Waals surface area contributed by atoms with Crippen LogP contribution in [0.1, 0.15) is 28.3 Å². The molecule has 2 rings (SSSR count). The fourth-order valence-corrected chi connectivity index (χ4v) is 2.91. The van der Waals surface area contributed by atoms with Crippen molar-refractivity contribution in [1.82, 2.24) is 24.9 Å². The monoisotopic (exact) mass is 421 g/mol. The molecule has 0 aliphatic heterocycles. The summed E-state index contributed by atoms with van der Waals surface area (Å²) in [5.41, 5.74) is 2.26. The highest BCUT2D eigenvalue weighted by atomic mass is 127. The summed E-state index contributed by atoms with van der Waals surface area (Å²) < 4.78 is 4.35. The first-order valence-corrected chi connectivity index (χ1v) is 8.02. The number of nitrogens with one attached hydrogen (secondary N) is 1. The van der Waals surface area contributed by atoms with Crippen LogP contribution >= 0.6 is 34.2 Å². The first-order chi connectivity index (χ1) is 9.90. The molecule has 0 atom stereocenters. The Morgan fingerprint density at radius 1 is 1.43 bits per heavy atom. The minimum absolute atomic E-state index is 0.147. The molecule has 0 fully saturated rings. The summed E-state index contributed by atoms with van der Waals surface area (Å²) in [6.07, 6.45) is 2.60. The van der Waals surface area contributed by atoms with E-state index >= 15 is 0 Å². The SMILES string of the molecule is Cc1nn(CCCNC(=O)c2nn(C)cc2I)c(C)c1Cl. The lowest BCUT2D eigenvalue weighted by Crippen LogP contribution is -2.26. The quantitative estimate of drug-likeness (QED) is 0.595. The number of hydrogen-bond donors (Lipinski definition) is 1. The van der Waals surface area contributed by atoms with Crippen molar-refractivity contribution in [2.75, 3.05) is 6.54 Å². The predicted molar refractivity (Wildman–Crippen MR) is 89.6 cm³/mol.